The SMILES string of the molecule is CSC(C)(C)CNC(=O)c1cc(N)c(F)cc1F. The lowest BCUT2D eigenvalue weighted by Crippen LogP contribution is -2.36. The summed E-state index contributed by atoms with van der Waals surface area (Å²) in [5.74, 6) is -2.38. The Bertz CT molecular complexity index is 464. The van der Waals surface area contributed by atoms with Gasteiger partial charge >= 0.3 is 0 Å². The number of halogens is 2. The first-order valence-corrected chi connectivity index (χ1v) is 6.57. The highest BCUT2D eigenvalue weighted by Crippen LogP contribution is 2.20. The molecule has 3 N–H and O–H groups in total. The Balaban J connectivity index is 2.82. The maximum Gasteiger partial charge on any atom is 0.254 e. The van der Waals surface area contributed by atoms with Gasteiger partial charge in [0, 0.05) is 17.4 Å². The number of rotatable bonds is 4. The molecule has 0 unspecified atom stereocenters. The minimum atomic E-state index is -0.916. The van der Waals surface area contributed by atoms with Crippen LogP contribution in [0, 0.1) is 11.6 Å². The lowest BCUT2D eigenvalue weighted by atomic mass is 10.1. The molecule has 1 aromatic rings. The molecule has 1 aromatic carbocycles. The molecular weight excluding hydrogens is 258 g/mol. The molecule has 0 aromatic heterocycles. The maximum atomic E-state index is 13.4. The molecule has 100 valence electrons. The van der Waals surface area contributed by atoms with Gasteiger partial charge in [-0.05, 0) is 26.2 Å². The Kier molecular flexibility index (Phi) is 4.56. The van der Waals surface area contributed by atoms with Crippen LogP contribution in [0.5, 0.6) is 0 Å². The number of hydrogen-bond donors (Lipinski definition) is 2. The number of nitrogens with two attached hydrogens (primary N) is 1. The van der Waals surface area contributed by atoms with Crippen LogP contribution in [-0.4, -0.2) is 23.5 Å². The third kappa shape index (κ3) is 3.60. The monoisotopic (exact) mass is 274 g/mol. The quantitative estimate of drug-likeness (QED) is 0.829. The molecule has 0 saturated heterocycles. The van der Waals surface area contributed by atoms with Crippen LogP contribution in [0.3, 0.4) is 0 Å². The van der Waals surface area contributed by atoms with Crippen molar-refractivity contribution in [1.82, 2.24) is 5.32 Å². The van der Waals surface area contributed by atoms with Crippen molar-refractivity contribution in [2.45, 2.75) is 18.6 Å². The lowest BCUT2D eigenvalue weighted by molar-refractivity contribution is 0.0946. The minimum absolute atomic E-state index is 0.155. The molecule has 3 nitrogen and oxygen atoms in total. The van der Waals surface area contributed by atoms with E-state index in [1.807, 2.05) is 20.1 Å². The molecule has 0 radical (unpaired) electrons. The normalized spacial score (nSPS) is 11.4. The number of thioether (sulfide) groups is 1. The van der Waals surface area contributed by atoms with Crippen LogP contribution in [0.15, 0.2) is 12.1 Å². The largest absolute Gasteiger partial charge is 0.396 e. The van der Waals surface area contributed by atoms with Crippen LogP contribution in [0.2, 0.25) is 0 Å². The molecule has 0 heterocycles. The average molecular weight is 274 g/mol. The molecule has 0 bridgehead atoms. The number of carbonyl (C=O) groups excluding carboxylic acids is 1. The smallest absolute Gasteiger partial charge is 0.254 e. The molecule has 0 fully saturated rings. The summed E-state index contributed by atoms with van der Waals surface area (Å²) >= 11 is 1.58. The van der Waals surface area contributed by atoms with Crippen molar-refractivity contribution in [1.29, 1.82) is 0 Å². The molecular formula is C12H16F2N2OS. The van der Waals surface area contributed by atoms with Crippen molar-refractivity contribution < 1.29 is 13.6 Å². The van der Waals surface area contributed by atoms with Crippen LogP contribution in [0.1, 0.15) is 24.2 Å². The van der Waals surface area contributed by atoms with Gasteiger partial charge in [0.1, 0.15) is 11.6 Å². The van der Waals surface area contributed by atoms with Gasteiger partial charge < -0.3 is 11.1 Å². The number of amides is 1. The summed E-state index contributed by atoms with van der Waals surface area (Å²) < 4.78 is 26.2. The zero-order chi connectivity index (χ0) is 13.9. The summed E-state index contributed by atoms with van der Waals surface area (Å²) in [7, 11) is 0. The average Bonchev–Trinajstić information content (AvgIpc) is 2.31. The van der Waals surface area contributed by atoms with Gasteiger partial charge in [-0.2, -0.15) is 11.8 Å². The predicted molar refractivity (Wildman–Crippen MR) is 70.7 cm³/mol. The van der Waals surface area contributed by atoms with Crippen molar-refractivity contribution in [2.75, 3.05) is 18.5 Å². The molecule has 0 saturated carbocycles. The number of nitrogens with one attached hydrogen (secondary N) is 1. The van der Waals surface area contributed by atoms with Gasteiger partial charge in [-0.3, -0.25) is 4.79 Å². The summed E-state index contributed by atoms with van der Waals surface area (Å²) in [5, 5.41) is 2.60. The molecule has 6 heteroatoms. The molecule has 0 aliphatic carbocycles. The van der Waals surface area contributed by atoms with Gasteiger partial charge in [-0.25, -0.2) is 8.78 Å². The fourth-order valence-electron chi connectivity index (χ4n) is 1.20. The second kappa shape index (κ2) is 5.56. The van der Waals surface area contributed by atoms with E-state index in [0.29, 0.717) is 12.6 Å². The van der Waals surface area contributed by atoms with Crippen LogP contribution < -0.4 is 11.1 Å². The predicted octanol–water partition coefficient (Wildman–Crippen LogP) is 2.42. The molecule has 0 aliphatic heterocycles. The summed E-state index contributed by atoms with van der Waals surface area (Å²) in [4.78, 5) is 11.8. The second-order valence-corrected chi connectivity index (χ2v) is 6.01. The number of nitrogen functional groups attached to an aromatic ring is 1. The number of benzene rings is 1. The molecule has 0 atom stereocenters. The van der Waals surface area contributed by atoms with Gasteiger partial charge in [0.05, 0.1) is 11.3 Å². The fourth-order valence-corrected chi connectivity index (χ4v) is 1.42. The van der Waals surface area contributed by atoms with E-state index in [0.717, 1.165) is 6.07 Å². The van der Waals surface area contributed by atoms with Gasteiger partial charge in [0.25, 0.3) is 5.91 Å². The molecule has 18 heavy (non-hydrogen) atoms. The van der Waals surface area contributed by atoms with Crippen molar-refractivity contribution >= 4 is 23.4 Å². The second-order valence-electron chi connectivity index (χ2n) is 4.50. The van der Waals surface area contributed by atoms with E-state index in [2.05, 4.69) is 5.32 Å². The van der Waals surface area contributed by atoms with Crippen LogP contribution in [0.25, 0.3) is 0 Å². The summed E-state index contributed by atoms with van der Waals surface area (Å²) in [5.41, 5.74) is 4.82. The first kappa shape index (κ1) is 14.8. The van der Waals surface area contributed by atoms with E-state index in [1.54, 1.807) is 11.8 Å². The van der Waals surface area contributed by atoms with Crippen LogP contribution in [-0.2, 0) is 0 Å². The van der Waals surface area contributed by atoms with E-state index in [-0.39, 0.29) is 16.0 Å². The molecule has 0 aliphatic rings. The first-order valence-electron chi connectivity index (χ1n) is 5.34. The molecule has 1 amide bonds. The van der Waals surface area contributed by atoms with Crippen molar-refractivity contribution in [3.05, 3.63) is 29.3 Å². The molecule has 1 rings (SSSR count). The maximum absolute atomic E-state index is 13.4. The van der Waals surface area contributed by atoms with E-state index < -0.39 is 17.5 Å². The third-order valence-electron chi connectivity index (χ3n) is 2.56. The number of anilines is 1. The lowest BCUT2D eigenvalue weighted by Gasteiger charge is -2.22. The third-order valence-corrected chi connectivity index (χ3v) is 3.81. The van der Waals surface area contributed by atoms with E-state index >= 15 is 0 Å². The molecule has 0 spiro atoms. The zero-order valence-corrected chi connectivity index (χ0v) is 11.3. The van der Waals surface area contributed by atoms with Gasteiger partial charge in [0.15, 0.2) is 0 Å². The minimum Gasteiger partial charge on any atom is -0.396 e. The van der Waals surface area contributed by atoms with Gasteiger partial charge in [0.2, 0.25) is 0 Å². The van der Waals surface area contributed by atoms with E-state index in [1.165, 1.54) is 0 Å². The van der Waals surface area contributed by atoms with Crippen molar-refractivity contribution in [3.63, 3.8) is 0 Å². The summed E-state index contributed by atoms with van der Waals surface area (Å²) in [6, 6.07) is 1.62. The Morgan fingerprint density at radius 3 is 2.56 bits per heavy atom. The number of carbonyl (C=O) groups is 1. The van der Waals surface area contributed by atoms with Gasteiger partial charge in [-0.15, -0.1) is 0 Å². The number of hydrogen-bond acceptors (Lipinski definition) is 3. The van der Waals surface area contributed by atoms with Crippen LogP contribution >= 0.6 is 11.8 Å². The Labute approximate surface area is 109 Å². The van der Waals surface area contributed by atoms with Gasteiger partial charge in [-0.1, -0.05) is 0 Å². The zero-order valence-electron chi connectivity index (χ0n) is 10.5. The fraction of sp³-hybridized carbons (Fsp3) is 0.417. The van der Waals surface area contributed by atoms with Crippen molar-refractivity contribution in [2.24, 2.45) is 0 Å². The Morgan fingerprint density at radius 1 is 1.39 bits per heavy atom. The van der Waals surface area contributed by atoms with E-state index in [9.17, 15) is 13.6 Å². The standard InChI is InChI=1S/C12H16F2N2OS/c1-12(2,18-3)6-16-11(17)7-4-10(15)9(14)5-8(7)13/h4-5H,6,15H2,1-3H3,(H,16,17). The highest BCUT2D eigenvalue weighted by molar-refractivity contribution is 7.99. The van der Waals surface area contributed by atoms with Crippen molar-refractivity contribution in [3.8, 4) is 0 Å². The first-order chi connectivity index (χ1) is 8.26. The summed E-state index contributed by atoms with van der Waals surface area (Å²) in [6.45, 7) is 4.28. The van der Waals surface area contributed by atoms with Crippen LogP contribution in [0.4, 0.5) is 14.5 Å². The highest BCUT2D eigenvalue weighted by atomic mass is 32.2. The Morgan fingerprint density at radius 2 is 2.00 bits per heavy atom. The highest BCUT2D eigenvalue weighted by Gasteiger charge is 2.20. The topological polar surface area (TPSA) is 55.1 Å². The Hall–Kier alpha value is -1.30. The summed E-state index contributed by atoms with van der Waals surface area (Å²) in [6.07, 6.45) is 1.92. The van der Waals surface area contributed by atoms with E-state index in [4.69, 9.17) is 5.73 Å².